The summed E-state index contributed by atoms with van der Waals surface area (Å²) in [7, 11) is 0. The number of anilines is 2. The van der Waals surface area contributed by atoms with E-state index in [1.165, 1.54) is 36.4 Å². The van der Waals surface area contributed by atoms with Gasteiger partial charge in [0.1, 0.15) is 0 Å². The molecule has 28 heavy (non-hydrogen) atoms. The van der Waals surface area contributed by atoms with Crippen molar-refractivity contribution in [2.24, 2.45) is 5.92 Å². The van der Waals surface area contributed by atoms with Crippen molar-refractivity contribution in [1.82, 2.24) is 9.97 Å². The van der Waals surface area contributed by atoms with Gasteiger partial charge in [0.15, 0.2) is 0 Å². The smallest absolute Gasteiger partial charge is 0.338 e. The Kier molecular flexibility index (Phi) is 5.22. The molecule has 1 fully saturated rings. The molecule has 1 aromatic carbocycles. The van der Waals surface area contributed by atoms with E-state index in [1.807, 2.05) is 0 Å². The number of carboxylic acids is 1. The maximum absolute atomic E-state index is 11.2. The highest BCUT2D eigenvalue weighted by Gasteiger charge is 2.28. The molecule has 1 saturated carbocycles. The van der Waals surface area contributed by atoms with Gasteiger partial charge in [0.05, 0.1) is 5.56 Å². The Bertz CT molecular complexity index is 825. The molecule has 1 aromatic heterocycles. The number of aromatic nitrogens is 2. The van der Waals surface area contributed by atoms with Gasteiger partial charge < -0.3 is 10.0 Å². The van der Waals surface area contributed by atoms with Crippen LogP contribution < -0.4 is 4.90 Å². The first-order chi connectivity index (χ1) is 12.9. The first-order valence-electron chi connectivity index (χ1n) is 9.94. The minimum Gasteiger partial charge on any atom is -0.478 e. The summed E-state index contributed by atoms with van der Waals surface area (Å²) in [6.45, 7) is 14.2. The summed E-state index contributed by atoms with van der Waals surface area (Å²) < 4.78 is 0. The molecule has 0 amide bonds. The maximum atomic E-state index is 11.2. The third-order valence-corrected chi connectivity index (χ3v) is 5.23. The third kappa shape index (κ3) is 4.70. The average molecular weight is 382 g/mol. The number of carbonyl (C=O) groups is 1. The zero-order valence-corrected chi connectivity index (χ0v) is 17.8. The molecule has 2 aromatic rings. The lowest BCUT2D eigenvalue weighted by atomic mass is 9.80. The highest BCUT2D eigenvalue weighted by molar-refractivity contribution is 5.86. The number of benzene rings is 1. The predicted octanol–water partition coefficient (Wildman–Crippen LogP) is 5.32. The molecular formula is C23H31N3O2. The molecule has 0 atom stereocenters. The third-order valence-electron chi connectivity index (χ3n) is 5.23. The summed E-state index contributed by atoms with van der Waals surface area (Å²) in [6, 6.07) is 6.76. The summed E-state index contributed by atoms with van der Waals surface area (Å²) in [5.74, 6) is 0.187. The van der Waals surface area contributed by atoms with Gasteiger partial charge in [0.2, 0.25) is 5.95 Å². The van der Waals surface area contributed by atoms with Crippen molar-refractivity contribution in [1.29, 1.82) is 0 Å². The molecule has 150 valence electrons. The fraction of sp³-hybridized carbons (Fsp3) is 0.522. The molecule has 0 saturated heterocycles. The van der Waals surface area contributed by atoms with Crippen molar-refractivity contribution in [2.45, 2.75) is 65.2 Å². The molecule has 5 heteroatoms. The standard InChI is InChI=1S/C23H31N3O2/c1-22(2,3)17-9-18(23(4,5)6)11-19(10-17)26(14-15-7-8-15)21-24-12-16(13-25-21)20(27)28/h9-13,15H,7-8,14H2,1-6H3,(H,27,28). The highest BCUT2D eigenvalue weighted by atomic mass is 16.4. The monoisotopic (exact) mass is 381 g/mol. The van der Waals surface area contributed by atoms with E-state index < -0.39 is 5.97 Å². The Hall–Kier alpha value is -2.43. The van der Waals surface area contributed by atoms with E-state index in [-0.39, 0.29) is 16.4 Å². The van der Waals surface area contributed by atoms with Crippen molar-refractivity contribution < 1.29 is 9.90 Å². The van der Waals surface area contributed by atoms with Crippen LogP contribution in [-0.2, 0) is 10.8 Å². The van der Waals surface area contributed by atoms with Crippen molar-refractivity contribution in [3.8, 4) is 0 Å². The fourth-order valence-corrected chi connectivity index (χ4v) is 3.07. The molecule has 0 radical (unpaired) electrons. The molecule has 1 aliphatic carbocycles. The summed E-state index contributed by atoms with van der Waals surface area (Å²) in [6.07, 6.45) is 5.22. The van der Waals surface area contributed by atoms with Crippen molar-refractivity contribution in [3.63, 3.8) is 0 Å². The topological polar surface area (TPSA) is 66.3 Å². The van der Waals surface area contributed by atoms with Crippen molar-refractivity contribution >= 4 is 17.6 Å². The van der Waals surface area contributed by atoms with E-state index in [4.69, 9.17) is 5.11 Å². The van der Waals surface area contributed by atoms with E-state index in [9.17, 15) is 4.79 Å². The van der Waals surface area contributed by atoms with Crippen LogP contribution in [0.5, 0.6) is 0 Å². The van der Waals surface area contributed by atoms with Crippen LogP contribution in [-0.4, -0.2) is 27.6 Å². The minimum atomic E-state index is -1.01. The molecule has 1 aliphatic rings. The van der Waals surface area contributed by atoms with Crippen molar-refractivity contribution in [2.75, 3.05) is 11.4 Å². The lowest BCUT2D eigenvalue weighted by molar-refractivity contribution is 0.0696. The van der Waals surface area contributed by atoms with Gasteiger partial charge in [-0.15, -0.1) is 0 Å². The second-order valence-electron chi connectivity index (χ2n) is 9.90. The number of hydrogen-bond donors (Lipinski definition) is 1. The Morgan fingerprint density at radius 1 is 1.00 bits per heavy atom. The number of rotatable bonds is 5. The normalized spacial score (nSPS) is 14.8. The van der Waals surface area contributed by atoms with Crippen LogP contribution in [0.15, 0.2) is 30.6 Å². The van der Waals surface area contributed by atoms with Crippen LogP contribution in [0.25, 0.3) is 0 Å². The van der Waals surface area contributed by atoms with Gasteiger partial charge in [-0.3, -0.25) is 0 Å². The van der Waals surface area contributed by atoms with E-state index >= 15 is 0 Å². The summed E-state index contributed by atoms with van der Waals surface area (Å²) in [5.41, 5.74) is 3.78. The lowest BCUT2D eigenvalue weighted by Gasteiger charge is -2.30. The van der Waals surface area contributed by atoms with Gasteiger partial charge in [0.25, 0.3) is 0 Å². The van der Waals surface area contributed by atoms with Crippen molar-refractivity contribution in [3.05, 3.63) is 47.3 Å². The van der Waals surface area contributed by atoms with Crippen LogP contribution in [0.1, 0.15) is 75.9 Å². The van der Waals surface area contributed by atoms with Gasteiger partial charge in [0, 0.05) is 24.6 Å². The SMILES string of the molecule is CC(C)(C)c1cc(N(CC2CC2)c2ncc(C(=O)O)cn2)cc(C(C)(C)C)c1. The zero-order chi connectivity index (χ0) is 20.7. The van der Waals surface area contributed by atoms with Crippen LogP contribution in [0.2, 0.25) is 0 Å². The maximum Gasteiger partial charge on any atom is 0.338 e. The zero-order valence-electron chi connectivity index (χ0n) is 17.8. The predicted molar refractivity (Wildman–Crippen MR) is 113 cm³/mol. The highest BCUT2D eigenvalue weighted by Crippen LogP contribution is 2.38. The molecule has 5 nitrogen and oxygen atoms in total. The molecule has 0 spiro atoms. The van der Waals surface area contributed by atoms with E-state index in [1.54, 1.807) is 0 Å². The number of hydrogen-bond acceptors (Lipinski definition) is 4. The van der Waals surface area contributed by atoms with Gasteiger partial charge in [-0.25, -0.2) is 14.8 Å². The first-order valence-corrected chi connectivity index (χ1v) is 9.94. The summed E-state index contributed by atoms with van der Waals surface area (Å²) in [4.78, 5) is 22.1. The molecule has 0 unspecified atom stereocenters. The summed E-state index contributed by atoms with van der Waals surface area (Å²) >= 11 is 0. The molecule has 0 bridgehead atoms. The van der Waals surface area contributed by atoms with Crippen LogP contribution in [0, 0.1) is 5.92 Å². The second kappa shape index (κ2) is 7.19. The summed E-state index contributed by atoms with van der Waals surface area (Å²) in [5, 5.41) is 9.15. The molecule has 3 rings (SSSR count). The Morgan fingerprint density at radius 3 is 1.89 bits per heavy atom. The van der Waals surface area contributed by atoms with Crippen LogP contribution in [0.3, 0.4) is 0 Å². The quantitative estimate of drug-likeness (QED) is 0.759. The van der Waals surface area contributed by atoms with Gasteiger partial charge in [-0.05, 0) is 52.8 Å². The molecular weight excluding hydrogens is 350 g/mol. The Balaban J connectivity index is 2.09. The average Bonchev–Trinajstić information content (AvgIpc) is 3.42. The Labute approximate surface area is 167 Å². The van der Waals surface area contributed by atoms with Crippen LogP contribution in [0.4, 0.5) is 11.6 Å². The lowest BCUT2D eigenvalue weighted by Crippen LogP contribution is -2.25. The van der Waals surface area contributed by atoms with Gasteiger partial charge in [-0.2, -0.15) is 0 Å². The van der Waals surface area contributed by atoms with Gasteiger partial charge >= 0.3 is 5.97 Å². The van der Waals surface area contributed by atoms with Crippen LogP contribution >= 0.6 is 0 Å². The number of carboxylic acid groups (broad SMARTS) is 1. The fourth-order valence-electron chi connectivity index (χ4n) is 3.07. The van der Waals surface area contributed by atoms with E-state index in [0.29, 0.717) is 11.9 Å². The second-order valence-corrected chi connectivity index (χ2v) is 9.90. The molecule has 1 N–H and O–H groups in total. The Morgan fingerprint density at radius 2 is 1.50 bits per heavy atom. The number of nitrogens with zero attached hydrogens (tertiary/aromatic N) is 3. The molecule has 1 heterocycles. The molecule has 0 aliphatic heterocycles. The van der Waals surface area contributed by atoms with Gasteiger partial charge in [-0.1, -0.05) is 47.6 Å². The van der Waals surface area contributed by atoms with E-state index in [0.717, 1.165) is 12.2 Å². The number of aromatic carboxylic acids is 1. The minimum absolute atomic E-state index is 0.0231. The first kappa shape index (κ1) is 20.3. The largest absolute Gasteiger partial charge is 0.478 e. The van der Waals surface area contributed by atoms with E-state index in [2.05, 4.69) is 74.6 Å².